The van der Waals surface area contributed by atoms with Crippen LogP contribution in [0.1, 0.15) is 19.4 Å². The zero-order valence-corrected chi connectivity index (χ0v) is 13.4. The molecule has 3 N–H and O–H groups in total. The second kappa shape index (κ2) is 7.77. The van der Waals surface area contributed by atoms with Crippen LogP contribution in [-0.4, -0.2) is 24.7 Å². The third-order valence-corrected chi connectivity index (χ3v) is 3.36. The Labute approximate surface area is 126 Å². The van der Waals surface area contributed by atoms with E-state index >= 15 is 0 Å². The zero-order chi connectivity index (χ0) is 14.4. The quantitative estimate of drug-likeness (QED) is 0.586. The molecule has 6 heteroatoms. The predicted molar refractivity (Wildman–Crippen MR) is 84.1 cm³/mol. The van der Waals surface area contributed by atoms with Crippen molar-refractivity contribution in [2.75, 3.05) is 25.1 Å². The lowest BCUT2D eigenvalue weighted by Crippen LogP contribution is -2.14. The first-order chi connectivity index (χ1) is 8.93. The van der Waals surface area contributed by atoms with Crippen LogP contribution in [0.25, 0.3) is 0 Å². The predicted octanol–water partition coefficient (Wildman–Crippen LogP) is 3.31. The summed E-state index contributed by atoms with van der Waals surface area (Å²) in [5.74, 6) is 0.102. The fourth-order valence-electron chi connectivity index (χ4n) is 1.45. The molecular formula is C13H18BrFN2OS. The monoisotopic (exact) mass is 348 g/mol. The van der Waals surface area contributed by atoms with E-state index in [2.05, 4.69) is 35.1 Å². The molecule has 0 unspecified atom stereocenters. The molecule has 0 saturated carbocycles. The Morgan fingerprint density at radius 1 is 1.53 bits per heavy atom. The summed E-state index contributed by atoms with van der Waals surface area (Å²) >= 11 is 8.00. The molecule has 0 atom stereocenters. The molecule has 0 spiro atoms. The number of rotatable bonds is 7. The van der Waals surface area contributed by atoms with Crippen LogP contribution in [-0.2, 0) is 4.74 Å². The molecule has 1 aromatic rings. The number of nitrogens with two attached hydrogens (primary N) is 1. The third-order valence-electron chi connectivity index (χ3n) is 2.36. The van der Waals surface area contributed by atoms with Gasteiger partial charge in [-0.3, -0.25) is 0 Å². The molecule has 0 bridgehead atoms. The lowest BCUT2D eigenvalue weighted by atomic mass is 10.2. The summed E-state index contributed by atoms with van der Waals surface area (Å²) in [4.78, 5) is 0.164. The normalized spacial score (nSPS) is 10.8. The number of hydrogen-bond donors (Lipinski definition) is 2. The van der Waals surface area contributed by atoms with E-state index in [1.165, 1.54) is 0 Å². The third kappa shape index (κ3) is 5.04. The molecule has 0 aliphatic rings. The summed E-state index contributed by atoms with van der Waals surface area (Å²) in [6, 6.07) is 3.31. The maximum Gasteiger partial charge on any atom is 0.161 e. The van der Waals surface area contributed by atoms with Gasteiger partial charge in [0, 0.05) is 18.7 Å². The first kappa shape index (κ1) is 16.3. The Balaban J connectivity index is 2.56. The maximum absolute atomic E-state index is 14.0. The van der Waals surface area contributed by atoms with Crippen molar-refractivity contribution in [1.82, 2.24) is 0 Å². The van der Waals surface area contributed by atoms with E-state index in [4.69, 9.17) is 22.7 Å². The summed E-state index contributed by atoms with van der Waals surface area (Å²) < 4.78 is 19.7. The summed E-state index contributed by atoms with van der Waals surface area (Å²) in [6.45, 7) is 5.94. The molecule has 106 valence electrons. The molecule has 0 aliphatic carbocycles. The molecule has 19 heavy (non-hydrogen) atoms. The van der Waals surface area contributed by atoms with Gasteiger partial charge in [0.05, 0.1) is 16.8 Å². The van der Waals surface area contributed by atoms with E-state index in [0.717, 1.165) is 0 Å². The highest BCUT2D eigenvalue weighted by Gasteiger charge is 2.12. The minimum absolute atomic E-state index is 0.164. The van der Waals surface area contributed by atoms with Gasteiger partial charge in [-0.1, -0.05) is 26.1 Å². The average molecular weight is 349 g/mol. The van der Waals surface area contributed by atoms with Crippen molar-refractivity contribution in [2.24, 2.45) is 11.7 Å². The Kier molecular flexibility index (Phi) is 6.68. The van der Waals surface area contributed by atoms with E-state index in [1.807, 2.05) is 0 Å². The van der Waals surface area contributed by atoms with Crippen molar-refractivity contribution in [1.29, 1.82) is 0 Å². The Morgan fingerprint density at radius 3 is 2.79 bits per heavy atom. The zero-order valence-electron chi connectivity index (χ0n) is 11.0. The van der Waals surface area contributed by atoms with Crippen LogP contribution in [0.4, 0.5) is 10.1 Å². The largest absolute Gasteiger partial charge is 0.389 e. The topological polar surface area (TPSA) is 47.3 Å². The maximum atomic E-state index is 14.0. The summed E-state index contributed by atoms with van der Waals surface area (Å²) in [5.41, 5.74) is 6.39. The molecule has 0 saturated heterocycles. The summed E-state index contributed by atoms with van der Waals surface area (Å²) in [6.07, 6.45) is 0. The van der Waals surface area contributed by atoms with Crippen molar-refractivity contribution in [3.05, 3.63) is 28.0 Å². The average Bonchev–Trinajstić information content (AvgIpc) is 2.33. The minimum atomic E-state index is -0.394. The molecule has 0 aromatic heterocycles. The molecule has 0 heterocycles. The SMILES string of the molecule is CC(C)COCCNc1ccc(C(N)=S)c(Br)c1F. The number of thiocarbonyl (C=S) groups is 1. The van der Waals surface area contributed by atoms with E-state index in [0.29, 0.717) is 36.9 Å². The van der Waals surface area contributed by atoms with Gasteiger partial charge in [0.15, 0.2) is 5.82 Å². The Morgan fingerprint density at radius 2 is 2.21 bits per heavy atom. The van der Waals surface area contributed by atoms with Gasteiger partial charge in [-0.2, -0.15) is 0 Å². The van der Waals surface area contributed by atoms with Crippen molar-refractivity contribution >= 4 is 38.8 Å². The molecule has 0 amide bonds. The fraction of sp³-hybridized carbons (Fsp3) is 0.462. The number of halogens is 2. The van der Waals surface area contributed by atoms with Gasteiger partial charge in [0.2, 0.25) is 0 Å². The van der Waals surface area contributed by atoms with Crippen LogP contribution in [0.3, 0.4) is 0 Å². The van der Waals surface area contributed by atoms with E-state index in [9.17, 15) is 4.39 Å². The van der Waals surface area contributed by atoms with Gasteiger partial charge < -0.3 is 15.8 Å². The van der Waals surface area contributed by atoms with Crippen molar-refractivity contribution in [2.45, 2.75) is 13.8 Å². The minimum Gasteiger partial charge on any atom is -0.389 e. The molecule has 1 rings (SSSR count). The van der Waals surface area contributed by atoms with Crippen molar-refractivity contribution < 1.29 is 9.13 Å². The van der Waals surface area contributed by atoms with Crippen LogP contribution in [0.5, 0.6) is 0 Å². The van der Waals surface area contributed by atoms with Crippen LogP contribution < -0.4 is 11.1 Å². The van der Waals surface area contributed by atoms with E-state index in [1.54, 1.807) is 12.1 Å². The Hall–Kier alpha value is -0.720. The smallest absolute Gasteiger partial charge is 0.161 e. The van der Waals surface area contributed by atoms with Crippen molar-refractivity contribution in [3.8, 4) is 0 Å². The second-order valence-corrected chi connectivity index (χ2v) is 5.78. The number of ether oxygens (including phenoxy) is 1. The molecule has 3 nitrogen and oxygen atoms in total. The molecular weight excluding hydrogens is 331 g/mol. The van der Waals surface area contributed by atoms with Gasteiger partial charge in [-0.05, 0) is 34.0 Å². The highest BCUT2D eigenvalue weighted by Crippen LogP contribution is 2.26. The first-order valence-electron chi connectivity index (χ1n) is 6.03. The van der Waals surface area contributed by atoms with E-state index < -0.39 is 5.82 Å². The molecule has 0 fully saturated rings. The van der Waals surface area contributed by atoms with Gasteiger partial charge in [-0.25, -0.2) is 4.39 Å². The standard InChI is InChI=1S/C13H18BrFN2OS/c1-8(2)7-18-6-5-17-10-4-3-9(13(16)19)11(14)12(10)15/h3-4,8,17H,5-7H2,1-2H3,(H2,16,19). The lowest BCUT2D eigenvalue weighted by molar-refractivity contribution is 0.118. The van der Waals surface area contributed by atoms with Crippen molar-refractivity contribution in [3.63, 3.8) is 0 Å². The first-order valence-corrected chi connectivity index (χ1v) is 7.23. The van der Waals surface area contributed by atoms with Gasteiger partial charge in [0.25, 0.3) is 0 Å². The highest BCUT2D eigenvalue weighted by atomic mass is 79.9. The lowest BCUT2D eigenvalue weighted by Gasteiger charge is -2.12. The molecule has 0 aliphatic heterocycles. The number of hydrogen-bond acceptors (Lipinski definition) is 3. The highest BCUT2D eigenvalue weighted by molar-refractivity contribution is 9.10. The number of nitrogens with one attached hydrogen (secondary N) is 1. The number of anilines is 1. The molecule has 0 radical (unpaired) electrons. The van der Waals surface area contributed by atoms with Gasteiger partial charge in [0.1, 0.15) is 4.99 Å². The van der Waals surface area contributed by atoms with Crippen LogP contribution in [0, 0.1) is 11.7 Å². The Bertz CT molecular complexity index is 455. The summed E-state index contributed by atoms with van der Waals surface area (Å²) in [5, 5.41) is 2.98. The van der Waals surface area contributed by atoms with Crippen LogP contribution in [0.2, 0.25) is 0 Å². The summed E-state index contributed by atoms with van der Waals surface area (Å²) in [7, 11) is 0. The van der Waals surface area contributed by atoms with E-state index in [-0.39, 0.29) is 9.46 Å². The van der Waals surface area contributed by atoms with Crippen LogP contribution >= 0.6 is 28.1 Å². The second-order valence-electron chi connectivity index (χ2n) is 4.55. The van der Waals surface area contributed by atoms with Crippen LogP contribution in [0.15, 0.2) is 16.6 Å². The molecule has 1 aromatic carbocycles. The van der Waals surface area contributed by atoms with Gasteiger partial charge in [-0.15, -0.1) is 0 Å². The fourth-order valence-corrected chi connectivity index (χ4v) is 2.31. The van der Waals surface area contributed by atoms with Gasteiger partial charge >= 0.3 is 0 Å². The number of benzene rings is 1.